The molecule has 1 aliphatic heterocycles. The van der Waals surface area contributed by atoms with Gasteiger partial charge in [0, 0.05) is 54.7 Å². The Hall–Kier alpha value is -1.17. The number of fused-ring (bicyclic) bond motifs is 1. The summed E-state index contributed by atoms with van der Waals surface area (Å²) in [5.74, 6) is 0.419. The molecule has 0 amide bonds. The summed E-state index contributed by atoms with van der Waals surface area (Å²) in [6.07, 6.45) is 1.93. The summed E-state index contributed by atoms with van der Waals surface area (Å²) in [6.45, 7) is 8.77. The van der Waals surface area contributed by atoms with Gasteiger partial charge in [-0.2, -0.15) is 0 Å². The zero-order chi connectivity index (χ0) is 14.8. The van der Waals surface area contributed by atoms with Crippen LogP contribution >= 0.6 is 11.3 Å². The third kappa shape index (κ3) is 3.20. The molecule has 0 bridgehead atoms. The van der Waals surface area contributed by atoms with Crippen LogP contribution in [-0.2, 0) is 24.9 Å². The first-order valence-electron chi connectivity index (χ1n) is 7.53. The van der Waals surface area contributed by atoms with E-state index in [0.29, 0.717) is 5.92 Å². The summed E-state index contributed by atoms with van der Waals surface area (Å²) in [4.78, 5) is 9.88. The zero-order valence-electron chi connectivity index (χ0n) is 13.0. The van der Waals surface area contributed by atoms with Gasteiger partial charge in [0.25, 0.3) is 0 Å². The topological polar surface area (TPSA) is 30.3 Å². The van der Waals surface area contributed by atoms with Crippen molar-refractivity contribution < 1.29 is 4.74 Å². The van der Waals surface area contributed by atoms with Crippen molar-refractivity contribution in [1.82, 2.24) is 14.5 Å². The molecule has 0 saturated carbocycles. The van der Waals surface area contributed by atoms with Crippen molar-refractivity contribution in [3.63, 3.8) is 0 Å². The molecule has 114 valence electrons. The zero-order valence-corrected chi connectivity index (χ0v) is 13.8. The van der Waals surface area contributed by atoms with Gasteiger partial charge >= 0.3 is 0 Å². The van der Waals surface area contributed by atoms with E-state index in [0.717, 1.165) is 32.8 Å². The van der Waals surface area contributed by atoms with Crippen LogP contribution in [0.3, 0.4) is 0 Å². The van der Waals surface area contributed by atoms with E-state index in [-0.39, 0.29) is 0 Å². The molecule has 0 aliphatic carbocycles. The standard InChI is InChI=1S/C16H23N3OS/c1-4-20-10-13-7-19(8-14-6-5-12(2)21-14)9-15-16(13)18(3)11-17-15/h5-6,11,13H,4,7-10H2,1-3H3/t13-/m0/s1. The Morgan fingerprint density at radius 3 is 3.00 bits per heavy atom. The van der Waals surface area contributed by atoms with Crippen molar-refractivity contribution in [1.29, 1.82) is 0 Å². The monoisotopic (exact) mass is 305 g/mol. The van der Waals surface area contributed by atoms with Crippen molar-refractivity contribution in [3.05, 3.63) is 39.6 Å². The average molecular weight is 305 g/mol. The Morgan fingerprint density at radius 1 is 1.43 bits per heavy atom. The lowest BCUT2D eigenvalue weighted by Gasteiger charge is -2.32. The second-order valence-electron chi connectivity index (χ2n) is 5.73. The van der Waals surface area contributed by atoms with Gasteiger partial charge in [0.2, 0.25) is 0 Å². The molecule has 0 aromatic carbocycles. The lowest BCUT2D eigenvalue weighted by molar-refractivity contribution is 0.102. The van der Waals surface area contributed by atoms with Gasteiger partial charge in [0.15, 0.2) is 0 Å². The predicted octanol–water partition coefficient (Wildman–Crippen LogP) is 2.93. The predicted molar refractivity (Wildman–Crippen MR) is 85.6 cm³/mol. The van der Waals surface area contributed by atoms with E-state index in [2.05, 4.69) is 47.5 Å². The Morgan fingerprint density at radius 2 is 2.29 bits per heavy atom. The van der Waals surface area contributed by atoms with Crippen molar-refractivity contribution in [2.24, 2.45) is 7.05 Å². The molecule has 4 nitrogen and oxygen atoms in total. The Labute approximate surface area is 130 Å². The number of aromatic nitrogens is 2. The molecule has 3 rings (SSSR count). The SMILES string of the molecule is CCOC[C@@H]1CN(Cc2ccc(C)s2)Cc2ncn(C)c21. The van der Waals surface area contributed by atoms with E-state index in [1.807, 2.05) is 17.7 Å². The quantitative estimate of drug-likeness (QED) is 0.851. The number of hydrogen-bond donors (Lipinski definition) is 0. The molecule has 0 spiro atoms. The summed E-state index contributed by atoms with van der Waals surface area (Å²) < 4.78 is 7.85. The summed E-state index contributed by atoms with van der Waals surface area (Å²) >= 11 is 1.89. The molecule has 0 fully saturated rings. The number of rotatable bonds is 5. The van der Waals surface area contributed by atoms with Crippen molar-refractivity contribution in [2.75, 3.05) is 19.8 Å². The van der Waals surface area contributed by atoms with E-state index in [4.69, 9.17) is 4.74 Å². The number of ether oxygens (including phenoxy) is 1. The van der Waals surface area contributed by atoms with Gasteiger partial charge in [-0.3, -0.25) is 4.90 Å². The first-order chi connectivity index (χ1) is 10.2. The number of imidazole rings is 1. The minimum Gasteiger partial charge on any atom is -0.381 e. The molecule has 1 aliphatic rings. The van der Waals surface area contributed by atoms with E-state index in [1.165, 1.54) is 21.1 Å². The minimum atomic E-state index is 0.419. The molecule has 2 aromatic rings. The molecule has 0 unspecified atom stereocenters. The van der Waals surface area contributed by atoms with Crippen LogP contribution in [0, 0.1) is 6.92 Å². The Balaban J connectivity index is 1.76. The highest BCUT2D eigenvalue weighted by Crippen LogP contribution is 2.29. The number of thiophene rings is 1. The van der Waals surface area contributed by atoms with Crippen LogP contribution in [0.25, 0.3) is 0 Å². The van der Waals surface area contributed by atoms with Crippen LogP contribution in [0.2, 0.25) is 0 Å². The molecule has 1 atom stereocenters. The van der Waals surface area contributed by atoms with E-state index < -0.39 is 0 Å². The molecule has 0 N–H and O–H groups in total. The second-order valence-corrected chi connectivity index (χ2v) is 7.10. The highest BCUT2D eigenvalue weighted by Gasteiger charge is 2.29. The Bertz CT molecular complexity index is 604. The molecule has 5 heteroatoms. The van der Waals surface area contributed by atoms with Gasteiger partial charge in [-0.25, -0.2) is 4.98 Å². The lowest BCUT2D eigenvalue weighted by Crippen LogP contribution is -2.35. The van der Waals surface area contributed by atoms with Gasteiger partial charge in [0.1, 0.15) is 0 Å². The first-order valence-corrected chi connectivity index (χ1v) is 8.34. The maximum Gasteiger partial charge on any atom is 0.0949 e. The fourth-order valence-corrected chi connectivity index (χ4v) is 4.04. The number of nitrogens with zero attached hydrogens (tertiary/aromatic N) is 3. The van der Waals surface area contributed by atoms with Crippen LogP contribution in [0.4, 0.5) is 0 Å². The molecule has 3 heterocycles. The molecular formula is C16H23N3OS. The van der Waals surface area contributed by atoms with Gasteiger partial charge < -0.3 is 9.30 Å². The minimum absolute atomic E-state index is 0.419. The smallest absolute Gasteiger partial charge is 0.0949 e. The van der Waals surface area contributed by atoms with Gasteiger partial charge in [-0.15, -0.1) is 11.3 Å². The molecular weight excluding hydrogens is 282 g/mol. The van der Waals surface area contributed by atoms with E-state index >= 15 is 0 Å². The van der Waals surface area contributed by atoms with Crippen LogP contribution < -0.4 is 0 Å². The van der Waals surface area contributed by atoms with E-state index in [9.17, 15) is 0 Å². The van der Waals surface area contributed by atoms with E-state index in [1.54, 1.807) is 0 Å². The normalized spacial score (nSPS) is 18.9. The van der Waals surface area contributed by atoms with Crippen molar-refractivity contribution >= 4 is 11.3 Å². The van der Waals surface area contributed by atoms with Gasteiger partial charge in [-0.05, 0) is 26.0 Å². The molecule has 2 aromatic heterocycles. The maximum atomic E-state index is 5.69. The first kappa shape index (κ1) is 14.8. The molecule has 0 saturated heterocycles. The third-order valence-electron chi connectivity index (χ3n) is 4.00. The largest absolute Gasteiger partial charge is 0.381 e. The van der Waals surface area contributed by atoms with Crippen molar-refractivity contribution in [2.45, 2.75) is 32.9 Å². The van der Waals surface area contributed by atoms with Crippen molar-refractivity contribution in [3.8, 4) is 0 Å². The highest BCUT2D eigenvalue weighted by atomic mass is 32.1. The average Bonchev–Trinajstić information content (AvgIpc) is 3.03. The maximum absolute atomic E-state index is 5.69. The number of aryl methyl sites for hydroxylation is 2. The number of hydrogen-bond acceptors (Lipinski definition) is 4. The van der Waals surface area contributed by atoms with Gasteiger partial charge in [-0.1, -0.05) is 0 Å². The highest BCUT2D eigenvalue weighted by molar-refractivity contribution is 7.11. The lowest BCUT2D eigenvalue weighted by atomic mass is 9.99. The summed E-state index contributed by atoms with van der Waals surface area (Å²) in [5.41, 5.74) is 2.56. The summed E-state index contributed by atoms with van der Waals surface area (Å²) in [6, 6.07) is 4.44. The fraction of sp³-hybridized carbons (Fsp3) is 0.562. The fourth-order valence-electron chi connectivity index (χ4n) is 3.11. The summed E-state index contributed by atoms with van der Waals surface area (Å²) in [7, 11) is 2.09. The van der Waals surface area contributed by atoms with Crippen LogP contribution in [-0.4, -0.2) is 34.2 Å². The Kier molecular flexibility index (Phi) is 4.42. The summed E-state index contributed by atoms with van der Waals surface area (Å²) in [5, 5.41) is 0. The molecule has 21 heavy (non-hydrogen) atoms. The molecule has 0 radical (unpaired) electrons. The van der Waals surface area contributed by atoms with Crippen LogP contribution in [0.5, 0.6) is 0 Å². The van der Waals surface area contributed by atoms with Crippen LogP contribution in [0.15, 0.2) is 18.5 Å². The second kappa shape index (κ2) is 6.30. The van der Waals surface area contributed by atoms with Gasteiger partial charge in [0.05, 0.1) is 18.6 Å². The van der Waals surface area contributed by atoms with Crippen LogP contribution in [0.1, 0.15) is 34.0 Å². The third-order valence-corrected chi connectivity index (χ3v) is 4.99.